The van der Waals surface area contributed by atoms with Crippen LogP contribution in [0.25, 0.3) is 61.4 Å². The van der Waals surface area contributed by atoms with Crippen LogP contribution >= 0.6 is 0 Å². The maximum Gasteiger partial charge on any atom is 0.156 e. The molecule has 0 spiro atoms. The number of para-hydroxylation sites is 1. The van der Waals surface area contributed by atoms with E-state index in [4.69, 9.17) is 18.8 Å². The summed E-state index contributed by atoms with van der Waals surface area (Å²) in [5, 5.41) is 3.47. The fourth-order valence-electron chi connectivity index (χ4n) is 7.85. The summed E-state index contributed by atoms with van der Waals surface area (Å²) >= 11 is 0. The number of aryl methyl sites for hydroxylation is 1. The Labute approximate surface area is 290 Å². The molecular formula is C46H34N2O2. The minimum Gasteiger partial charge on any atom is -0.456 e. The van der Waals surface area contributed by atoms with E-state index in [-0.39, 0.29) is 11.8 Å². The number of fused-ring (bicyclic) bond motifs is 6. The fourth-order valence-corrected chi connectivity index (χ4v) is 7.85. The maximum absolute atomic E-state index is 6.26. The van der Waals surface area contributed by atoms with Gasteiger partial charge >= 0.3 is 0 Å². The molecule has 3 heterocycles. The number of nitrogens with zero attached hydrogens (tertiary/aromatic N) is 2. The molecule has 0 aliphatic heterocycles. The van der Waals surface area contributed by atoms with Gasteiger partial charge < -0.3 is 8.83 Å². The molecule has 4 nitrogen and oxygen atoms in total. The first-order valence-corrected chi connectivity index (χ1v) is 17.6. The number of hydrogen-bond donors (Lipinski definition) is 0. The molecule has 0 saturated heterocycles. The SMILES string of the molecule is C1=CCC(c2cc(-c3ccccc3)nc(C3=CC(c4ccc5oc6ccccc6c5c4)=CC(c4ccc5oc6c(c5c4)CCC=C6)C3)n2)C=C1. The summed E-state index contributed by atoms with van der Waals surface area (Å²) in [5.41, 5.74) is 11.9. The quantitative estimate of drug-likeness (QED) is 0.187. The number of rotatable bonds is 5. The summed E-state index contributed by atoms with van der Waals surface area (Å²) in [5.74, 6) is 2.12. The Morgan fingerprint density at radius 3 is 2.44 bits per heavy atom. The summed E-state index contributed by atoms with van der Waals surface area (Å²) < 4.78 is 12.5. The molecule has 0 N–H and O–H groups in total. The second kappa shape index (κ2) is 11.9. The van der Waals surface area contributed by atoms with Gasteiger partial charge in [-0.2, -0.15) is 0 Å². The Balaban J connectivity index is 1.14. The van der Waals surface area contributed by atoms with Crippen LogP contribution in [0.4, 0.5) is 0 Å². The lowest BCUT2D eigenvalue weighted by Gasteiger charge is -2.23. The molecule has 4 aromatic carbocycles. The standard InChI is InChI=1S/C46H34N2O2/c1-3-11-29(12-4-1)40-28-41(30-13-5-2-6-14-30)48-46(47-40)35-24-33(31-19-21-44-38(26-31)36-15-7-9-17-42(36)49-44)23-34(25-35)32-20-22-45-39(27-32)37-16-8-10-18-43(37)50-45/h1-7,9-13,15,17-24,26-28,30,34H,8,14,16,25H2. The third kappa shape index (κ3) is 5.07. The van der Waals surface area contributed by atoms with Gasteiger partial charge in [0.1, 0.15) is 22.5 Å². The summed E-state index contributed by atoms with van der Waals surface area (Å²) in [6.07, 6.45) is 21.6. The fraction of sp³-hybridized carbons (Fsp3) is 0.130. The second-order valence-corrected chi connectivity index (χ2v) is 13.6. The van der Waals surface area contributed by atoms with Crippen LogP contribution < -0.4 is 0 Å². The first-order valence-electron chi connectivity index (χ1n) is 17.6. The van der Waals surface area contributed by atoms with Crippen LogP contribution in [-0.4, -0.2) is 9.97 Å². The highest BCUT2D eigenvalue weighted by molar-refractivity contribution is 6.06. The Bertz CT molecular complexity index is 2610. The Kier molecular flexibility index (Phi) is 6.87. The Hall–Kier alpha value is -6.00. The predicted octanol–water partition coefficient (Wildman–Crippen LogP) is 12.0. The zero-order valence-corrected chi connectivity index (χ0v) is 27.6. The highest BCUT2D eigenvalue weighted by atomic mass is 16.3. The van der Waals surface area contributed by atoms with E-state index in [0.717, 1.165) is 98.5 Å². The molecule has 3 aliphatic carbocycles. The summed E-state index contributed by atoms with van der Waals surface area (Å²) in [4.78, 5) is 10.6. The van der Waals surface area contributed by atoms with Gasteiger partial charge in [0.15, 0.2) is 5.82 Å². The zero-order chi connectivity index (χ0) is 33.0. The van der Waals surface area contributed by atoms with Crippen LogP contribution in [0.2, 0.25) is 0 Å². The molecule has 50 heavy (non-hydrogen) atoms. The van der Waals surface area contributed by atoms with E-state index < -0.39 is 0 Å². The van der Waals surface area contributed by atoms with Crippen molar-refractivity contribution in [3.05, 3.63) is 174 Å². The topological polar surface area (TPSA) is 52.1 Å². The molecule has 0 saturated carbocycles. The van der Waals surface area contributed by atoms with Crippen LogP contribution in [0.15, 0.2) is 148 Å². The average Bonchev–Trinajstić information content (AvgIpc) is 3.76. The molecule has 2 unspecified atom stereocenters. The number of hydrogen-bond acceptors (Lipinski definition) is 4. The van der Waals surface area contributed by atoms with Crippen molar-refractivity contribution >= 4 is 50.1 Å². The Morgan fingerprint density at radius 2 is 1.52 bits per heavy atom. The minimum absolute atomic E-state index is 0.126. The minimum atomic E-state index is 0.126. The lowest BCUT2D eigenvalue weighted by Crippen LogP contribution is -2.09. The zero-order valence-electron chi connectivity index (χ0n) is 27.6. The molecule has 3 aromatic heterocycles. The number of allylic oxidation sites excluding steroid dienone is 9. The molecule has 0 radical (unpaired) electrons. The van der Waals surface area contributed by atoms with Gasteiger partial charge in [-0.3, -0.25) is 0 Å². The summed E-state index contributed by atoms with van der Waals surface area (Å²) in [7, 11) is 0. The van der Waals surface area contributed by atoms with Crippen molar-refractivity contribution in [1.29, 1.82) is 0 Å². The molecule has 10 rings (SSSR count). The van der Waals surface area contributed by atoms with Gasteiger partial charge in [0.05, 0.1) is 11.4 Å². The summed E-state index contributed by atoms with van der Waals surface area (Å²) in [6, 6.07) is 34.2. The summed E-state index contributed by atoms with van der Waals surface area (Å²) in [6.45, 7) is 0. The van der Waals surface area contributed by atoms with Crippen molar-refractivity contribution in [2.75, 3.05) is 0 Å². The van der Waals surface area contributed by atoms with Gasteiger partial charge in [0.2, 0.25) is 0 Å². The van der Waals surface area contributed by atoms with Crippen molar-refractivity contribution in [3.8, 4) is 11.3 Å². The highest BCUT2D eigenvalue weighted by Gasteiger charge is 2.25. The largest absolute Gasteiger partial charge is 0.456 e. The normalized spacial score (nSPS) is 18.5. The molecule has 4 heteroatoms. The molecule has 0 fully saturated rings. The molecule has 240 valence electrons. The van der Waals surface area contributed by atoms with Crippen LogP contribution in [0.5, 0.6) is 0 Å². The second-order valence-electron chi connectivity index (χ2n) is 13.6. The molecule has 3 aliphatic rings. The average molecular weight is 647 g/mol. The van der Waals surface area contributed by atoms with Crippen molar-refractivity contribution in [1.82, 2.24) is 9.97 Å². The van der Waals surface area contributed by atoms with E-state index in [1.807, 2.05) is 12.1 Å². The van der Waals surface area contributed by atoms with Crippen LogP contribution in [-0.2, 0) is 6.42 Å². The van der Waals surface area contributed by atoms with Crippen molar-refractivity contribution in [2.45, 2.75) is 37.5 Å². The smallest absolute Gasteiger partial charge is 0.156 e. The van der Waals surface area contributed by atoms with Crippen molar-refractivity contribution < 1.29 is 8.83 Å². The van der Waals surface area contributed by atoms with E-state index in [1.54, 1.807) is 0 Å². The molecule has 7 aromatic rings. The maximum atomic E-state index is 6.26. The van der Waals surface area contributed by atoms with E-state index in [0.29, 0.717) is 0 Å². The van der Waals surface area contributed by atoms with E-state index in [2.05, 4.69) is 134 Å². The number of aromatic nitrogens is 2. The van der Waals surface area contributed by atoms with Crippen molar-refractivity contribution in [3.63, 3.8) is 0 Å². The van der Waals surface area contributed by atoms with Crippen molar-refractivity contribution in [2.24, 2.45) is 0 Å². The van der Waals surface area contributed by atoms with E-state index >= 15 is 0 Å². The highest BCUT2D eigenvalue weighted by Crippen LogP contribution is 2.42. The van der Waals surface area contributed by atoms with Crippen LogP contribution in [0.1, 0.15) is 65.1 Å². The molecular weight excluding hydrogens is 613 g/mol. The van der Waals surface area contributed by atoms with Gasteiger partial charge in [-0.25, -0.2) is 9.97 Å². The number of furan rings is 2. The Morgan fingerprint density at radius 1 is 0.660 bits per heavy atom. The predicted molar refractivity (Wildman–Crippen MR) is 204 cm³/mol. The van der Waals surface area contributed by atoms with E-state index in [1.165, 1.54) is 16.5 Å². The van der Waals surface area contributed by atoms with Gasteiger partial charge in [-0.1, -0.05) is 97.1 Å². The first kappa shape index (κ1) is 29.0. The van der Waals surface area contributed by atoms with Gasteiger partial charge in [-0.05, 0) is 96.5 Å². The van der Waals surface area contributed by atoms with Crippen LogP contribution in [0, 0.1) is 0 Å². The first-order chi connectivity index (χ1) is 24.7. The lowest BCUT2D eigenvalue weighted by atomic mass is 9.82. The van der Waals surface area contributed by atoms with Gasteiger partial charge in [0, 0.05) is 39.1 Å². The monoisotopic (exact) mass is 646 g/mol. The van der Waals surface area contributed by atoms with Gasteiger partial charge in [0.25, 0.3) is 0 Å². The van der Waals surface area contributed by atoms with Crippen LogP contribution in [0.3, 0.4) is 0 Å². The molecule has 2 atom stereocenters. The number of benzene rings is 4. The third-order valence-electron chi connectivity index (χ3n) is 10.4. The third-order valence-corrected chi connectivity index (χ3v) is 10.4. The molecule has 0 amide bonds. The van der Waals surface area contributed by atoms with Gasteiger partial charge in [-0.15, -0.1) is 0 Å². The molecule has 0 bridgehead atoms. The van der Waals surface area contributed by atoms with E-state index in [9.17, 15) is 0 Å². The lowest BCUT2D eigenvalue weighted by molar-refractivity contribution is 0.595.